The molecule has 1 atom stereocenters. The summed E-state index contributed by atoms with van der Waals surface area (Å²) < 4.78 is 0. The summed E-state index contributed by atoms with van der Waals surface area (Å²) in [7, 11) is 2.14. The highest BCUT2D eigenvalue weighted by molar-refractivity contribution is 5.21. The van der Waals surface area contributed by atoms with Crippen LogP contribution in [0, 0.1) is 0 Å². The van der Waals surface area contributed by atoms with Crippen LogP contribution in [0.1, 0.15) is 66.2 Å². The van der Waals surface area contributed by atoms with Crippen molar-refractivity contribution in [1.29, 1.82) is 0 Å². The van der Waals surface area contributed by atoms with Crippen molar-refractivity contribution in [3.05, 3.63) is 11.6 Å². The molecule has 0 amide bonds. The van der Waals surface area contributed by atoms with Crippen molar-refractivity contribution >= 4 is 0 Å². The fourth-order valence-corrected chi connectivity index (χ4v) is 4.07. The fraction of sp³-hybridized carbons (Fsp3) is 0.882. The number of hydrogen-bond acceptors (Lipinski definition) is 2. The third-order valence-corrected chi connectivity index (χ3v) is 5.14. The second-order valence-corrected chi connectivity index (χ2v) is 5.73. The van der Waals surface area contributed by atoms with Crippen LogP contribution in [0.15, 0.2) is 11.6 Å². The van der Waals surface area contributed by atoms with E-state index in [1.54, 1.807) is 5.57 Å². The van der Waals surface area contributed by atoms with Crippen LogP contribution in [-0.2, 0) is 0 Å². The van der Waals surface area contributed by atoms with Crippen molar-refractivity contribution in [2.45, 2.75) is 77.8 Å². The first-order valence-corrected chi connectivity index (χ1v) is 8.31. The zero-order chi connectivity index (χ0) is 14.3. The van der Waals surface area contributed by atoms with Crippen LogP contribution in [0.2, 0.25) is 0 Å². The van der Waals surface area contributed by atoms with E-state index >= 15 is 0 Å². The Bertz CT molecular complexity index is 275. The first kappa shape index (κ1) is 16.7. The summed E-state index contributed by atoms with van der Waals surface area (Å²) in [5.74, 6) is 0. The molecule has 1 aliphatic carbocycles. The highest BCUT2D eigenvalue weighted by atomic mass is 15.2. The largest absolute Gasteiger partial charge is 0.312 e. The minimum absolute atomic E-state index is 0.279. The van der Waals surface area contributed by atoms with Gasteiger partial charge in [-0.3, -0.25) is 4.90 Å². The lowest BCUT2D eigenvalue weighted by Gasteiger charge is -2.49. The molecule has 0 saturated carbocycles. The summed E-state index contributed by atoms with van der Waals surface area (Å²) >= 11 is 0. The molecule has 0 aromatic rings. The average Bonchev–Trinajstić information content (AvgIpc) is 2.48. The Kier molecular flexibility index (Phi) is 7.09. The normalized spacial score (nSPS) is 18.5. The Labute approximate surface area is 120 Å². The monoisotopic (exact) mass is 266 g/mol. The van der Waals surface area contributed by atoms with Gasteiger partial charge in [-0.1, -0.05) is 39.3 Å². The van der Waals surface area contributed by atoms with Crippen LogP contribution < -0.4 is 5.32 Å². The van der Waals surface area contributed by atoms with Crippen molar-refractivity contribution in [1.82, 2.24) is 10.2 Å². The molecule has 2 nitrogen and oxygen atoms in total. The summed E-state index contributed by atoms with van der Waals surface area (Å²) in [6.07, 6.45) is 10.2. The molecule has 0 aromatic heterocycles. The Morgan fingerprint density at radius 1 is 1.16 bits per heavy atom. The van der Waals surface area contributed by atoms with Crippen molar-refractivity contribution in [2.24, 2.45) is 0 Å². The van der Waals surface area contributed by atoms with Crippen LogP contribution >= 0.6 is 0 Å². The summed E-state index contributed by atoms with van der Waals surface area (Å²) in [6.45, 7) is 11.6. The van der Waals surface area contributed by atoms with E-state index in [9.17, 15) is 0 Å². The van der Waals surface area contributed by atoms with Crippen LogP contribution in [-0.4, -0.2) is 36.6 Å². The standard InChI is InChI=1S/C17H34N2/c1-6-17(7-2,19(8-3)9-4)16(18-5)15-13-11-10-12-14-15/h13,16,18H,6-12,14H2,1-5H3. The molecule has 1 unspecified atom stereocenters. The lowest BCUT2D eigenvalue weighted by atomic mass is 9.76. The number of hydrogen-bond donors (Lipinski definition) is 1. The highest BCUT2D eigenvalue weighted by Gasteiger charge is 2.40. The summed E-state index contributed by atoms with van der Waals surface area (Å²) in [6, 6.07) is 0.516. The quantitative estimate of drug-likeness (QED) is 0.669. The van der Waals surface area contributed by atoms with Gasteiger partial charge in [0.1, 0.15) is 0 Å². The molecule has 0 spiro atoms. The maximum atomic E-state index is 3.65. The summed E-state index contributed by atoms with van der Waals surface area (Å²) in [4.78, 5) is 2.67. The van der Waals surface area contributed by atoms with Gasteiger partial charge >= 0.3 is 0 Å². The van der Waals surface area contributed by atoms with Gasteiger partial charge < -0.3 is 5.32 Å². The number of likely N-dealkylation sites (N-methyl/N-ethyl adjacent to an activating group) is 2. The topological polar surface area (TPSA) is 15.3 Å². The van der Waals surface area contributed by atoms with E-state index in [0.717, 1.165) is 13.1 Å². The van der Waals surface area contributed by atoms with Crippen LogP contribution in [0.3, 0.4) is 0 Å². The summed E-state index contributed by atoms with van der Waals surface area (Å²) in [5, 5.41) is 3.65. The zero-order valence-electron chi connectivity index (χ0n) is 13.8. The van der Waals surface area contributed by atoms with Gasteiger partial charge in [0.25, 0.3) is 0 Å². The third kappa shape index (κ3) is 3.41. The second-order valence-electron chi connectivity index (χ2n) is 5.73. The van der Waals surface area contributed by atoms with Crippen molar-refractivity contribution in [3.8, 4) is 0 Å². The Hall–Kier alpha value is -0.340. The number of nitrogens with zero attached hydrogens (tertiary/aromatic N) is 1. The molecule has 2 heteroatoms. The molecule has 0 fully saturated rings. The SMILES string of the molecule is CCN(CC)C(CC)(CC)C(NC)C1=CCCCC1. The molecule has 0 aromatic carbocycles. The number of rotatable bonds is 8. The molecule has 1 N–H and O–H groups in total. The van der Waals surface area contributed by atoms with E-state index in [2.05, 4.69) is 51.0 Å². The average molecular weight is 266 g/mol. The van der Waals surface area contributed by atoms with Gasteiger partial charge in [0.05, 0.1) is 0 Å². The van der Waals surface area contributed by atoms with Crippen molar-refractivity contribution < 1.29 is 0 Å². The van der Waals surface area contributed by atoms with Crippen LogP contribution in [0.5, 0.6) is 0 Å². The van der Waals surface area contributed by atoms with E-state index in [4.69, 9.17) is 0 Å². The van der Waals surface area contributed by atoms with E-state index in [1.165, 1.54) is 38.5 Å². The van der Waals surface area contributed by atoms with Gasteiger partial charge in [-0.15, -0.1) is 0 Å². The first-order chi connectivity index (χ1) is 9.19. The smallest absolute Gasteiger partial charge is 0.0463 e. The molecule has 0 radical (unpaired) electrons. The van der Waals surface area contributed by atoms with Gasteiger partial charge in [-0.05, 0) is 58.7 Å². The Morgan fingerprint density at radius 2 is 1.79 bits per heavy atom. The van der Waals surface area contributed by atoms with Gasteiger partial charge in [0.15, 0.2) is 0 Å². The molecular formula is C17H34N2. The summed E-state index contributed by atoms with van der Waals surface area (Å²) in [5.41, 5.74) is 1.94. The second kappa shape index (κ2) is 8.06. The maximum absolute atomic E-state index is 3.65. The van der Waals surface area contributed by atoms with Crippen molar-refractivity contribution in [3.63, 3.8) is 0 Å². The minimum Gasteiger partial charge on any atom is -0.312 e. The minimum atomic E-state index is 0.279. The molecule has 1 aliphatic rings. The molecule has 19 heavy (non-hydrogen) atoms. The van der Waals surface area contributed by atoms with Crippen LogP contribution in [0.25, 0.3) is 0 Å². The predicted octanol–water partition coefficient (Wildman–Crippen LogP) is 3.98. The molecule has 0 heterocycles. The molecular weight excluding hydrogens is 232 g/mol. The zero-order valence-corrected chi connectivity index (χ0v) is 13.8. The van der Waals surface area contributed by atoms with E-state index in [1.807, 2.05) is 0 Å². The highest BCUT2D eigenvalue weighted by Crippen LogP contribution is 2.34. The van der Waals surface area contributed by atoms with E-state index < -0.39 is 0 Å². The van der Waals surface area contributed by atoms with Crippen molar-refractivity contribution in [2.75, 3.05) is 20.1 Å². The Balaban J connectivity index is 3.08. The Morgan fingerprint density at radius 3 is 2.16 bits per heavy atom. The number of allylic oxidation sites excluding steroid dienone is 1. The number of nitrogens with one attached hydrogen (secondary N) is 1. The molecule has 1 rings (SSSR count). The molecule has 0 bridgehead atoms. The van der Waals surface area contributed by atoms with E-state index in [-0.39, 0.29) is 5.54 Å². The van der Waals surface area contributed by atoms with Gasteiger partial charge in [-0.2, -0.15) is 0 Å². The lowest BCUT2D eigenvalue weighted by Crippen LogP contribution is -2.61. The molecule has 112 valence electrons. The molecule has 0 saturated heterocycles. The van der Waals surface area contributed by atoms with Crippen LogP contribution in [0.4, 0.5) is 0 Å². The third-order valence-electron chi connectivity index (χ3n) is 5.14. The van der Waals surface area contributed by atoms with Gasteiger partial charge in [-0.25, -0.2) is 0 Å². The molecule has 0 aliphatic heterocycles. The van der Waals surface area contributed by atoms with Gasteiger partial charge in [0.2, 0.25) is 0 Å². The first-order valence-electron chi connectivity index (χ1n) is 8.31. The lowest BCUT2D eigenvalue weighted by molar-refractivity contribution is 0.0621. The van der Waals surface area contributed by atoms with Gasteiger partial charge in [0, 0.05) is 11.6 Å². The van der Waals surface area contributed by atoms with E-state index in [0.29, 0.717) is 6.04 Å². The predicted molar refractivity (Wildman–Crippen MR) is 85.6 cm³/mol. The maximum Gasteiger partial charge on any atom is 0.0463 e. The fourth-order valence-electron chi connectivity index (χ4n) is 4.07.